The van der Waals surface area contributed by atoms with E-state index in [1.807, 2.05) is 0 Å². The second-order valence-corrected chi connectivity index (χ2v) is 6.86. The van der Waals surface area contributed by atoms with E-state index in [0.717, 1.165) is 6.07 Å². The smallest absolute Gasteiger partial charge is 0.303 e. The van der Waals surface area contributed by atoms with Gasteiger partial charge in [-0.1, -0.05) is 6.07 Å². The van der Waals surface area contributed by atoms with Crippen LogP contribution in [0.2, 0.25) is 0 Å². The Labute approximate surface area is 117 Å². The number of benzene rings is 1. The van der Waals surface area contributed by atoms with Crippen LogP contribution < -0.4 is 0 Å². The predicted molar refractivity (Wildman–Crippen MR) is 70.1 cm³/mol. The lowest BCUT2D eigenvalue weighted by molar-refractivity contribution is -0.138. The van der Waals surface area contributed by atoms with Crippen molar-refractivity contribution in [2.75, 3.05) is 13.1 Å². The van der Waals surface area contributed by atoms with E-state index in [1.165, 1.54) is 22.5 Å². The maximum atomic E-state index is 13.2. The van der Waals surface area contributed by atoms with Crippen molar-refractivity contribution in [2.45, 2.75) is 24.2 Å². The number of aliphatic carboxylic acids is 1. The van der Waals surface area contributed by atoms with Crippen molar-refractivity contribution in [1.29, 1.82) is 0 Å². The van der Waals surface area contributed by atoms with Crippen molar-refractivity contribution >= 4 is 16.0 Å². The SMILES string of the molecule is O=C(O)CC1CCCN(S(=O)(=O)c2cccc(F)c2)C1. The molecule has 1 unspecified atom stereocenters. The lowest BCUT2D eigenvalue weighted by Crippen LogP contribution is -2.40. The number of sulfonamides is 1. The van der Waals surface area contributed by atoms with E-state index >= 15 is 0 Å². The Morgan fingerprint density at radius 3 is 2.85 bits per heavy atom. The Balaban J connectivity index is 2.19. The Morgan fingerprint density at radius 2 is 2.20 bits per heavy atom. The summed E-state index contributed by atoms with van der Waals surface area (Å²) in [5, 5.41) is 8.79. The number of carboxylic acid groups (broad SMARTS) is 1. The highest BCUT2D eigenvalue weighted by molar-refractivity contribution is 7.89. The van der Waals surface area contributed by atoms with E-state index in [1.54, 1.807) is 0 Å². The van der Waals surface area contributed by atoms with Gasteiger partial charge in [0.05, 0.1) is 4.90 Å². The minimum absolute atomic E-state index is 0.0465. The summed E-state index contributed by atoms with van der Waals surface area (Å²) >= 11 is 0. The highest BCUT2D eigenvalue weighted by atomic mass is 32.2. The van der Waals surface area contributed by atoms with E-state index in [-0.39, 0.29) is 23.8 Å². The normalized spacial score (nSPS) is 20.8. The van der Waals surface area contributed by atoms with Crippen LogP contribution in [-0.2, 0) is 14.8 Å². The minimum atomic E-state index is -3.75. The first kappa shape index (κ1) is 14.9. The zero-order valence-corrected chi connectivity index (χ0v) is 11.6. The van der Waals surface area contributed by atoms with Crippen molar-refractivity contribution in [1.82, 2.24) is 4.31 Å². The van der Waals surface area contributed by atoms with Crippen LogP contribution in [0, 0.1) is 11.7 Å². The van der Waals surface area contributed by atoms with Crippen LogP contribution in [0.25, 0.3) is 0 Å². The molecule has 1 saturated heterocycles. The molecule has 20 heavy (non-hydrogen) atoms. The maximum absolute atomic E-state index is 13.2. The van der Waals surface area contributed by atoms with Gasteiger partial charge in [-0.3, -0.25) is 4.79 Å². The fraction of sp³-hybridized carbons (Fsp3) is 0.462. The zero-order chi connectivity index (χ0) is 14.8. The topological polar surface area (TPSA) is 74.7 Å². The highest BCUT2D eigenvalue weighted by Crippen LogP contribution is 2.25. The van der Waals surface area contributed by atoms with Crippen LogP contribution in [0.1, 0.15) is 19.3 Å². The van der Waals surface area contributed by atoms with Crippen LogP contribution in [0.15, 0.2) is 29.2 Å². The van der Waals surface area contributed by atoms with Crippen LogP contribution in [0.3, 0.4) is 0 Å². The summed E-state index contributed by atoms with van der Waals surface area (Å²) in [4.78, 5) is 10.6. The molecular weight excluding hydrogens is 285 g/mol. The first-order chi connectivity index (χ1) is 9.39. The Kier molecular flexibility index (Phi) is 4.39. The van der Waals surface area contributed by atoms with Gasteiger partial charge < -0.3 is 5.11 Å². The molecule has 0 radical (unpaired) electrons. The zero-order valence-electron chi connectivity index (χ0n) is 10.8. The standard InChI is InChI=1S/C13H16FNO4S/c14-11-4-1-5-12(8-11)20(18,19)15-6-2-3-10(9-15)7-13(16)17/h1,4-5,8,10H,2-3,6-7,9H2,(H,16,17). The number of halogens is 1. The van der Waals surface area contributed by atoms with Gasteiger partial charge in [0.15, 0.2) is 0 Å². The average molecular weight is 301 g/mol. The summed E-state index contributed by atoms with van der Waals surface area (Å²) in [6.45, 7) is 0.514. The van der Waals surface area contributed by atoms with Gasteiger partial charge in [0.1, 0.15) is 5.82 Å². The van der Waals surface area contributed by atoms with Gasteiger partial charge >= 0.3 is 5.97 Å². The third kappa shape index (κ3) is 3.34. The van der Waals surface area contributed by atoms with Crippen LogP contribution in [0.4, 0.5) is 4.39 Å². The molecule has 0 spiro atoms. The summed E-state index contributed by atoms with van der Waals surface area (Å²) in [6, 6.07) is 4.86. The molecule has 1 aliphatic rings. The quantitative estimate of drug-likeness (QED) is 0.918. The van der Waals surface area contributed by atoms with Crippen molar-refractivity contribution < 1.29 is 22.7 Å². The minimum Gasteiger partial charge on any atom is -0.481 e. The van der Waals surface area contributed by atoms with E-state index in [4.69, 9.17) is 5.11 Å². The summed E-state index contributed by atoms with van der Waals surface area (Å²) in [6.07, 6.45) is 1.27. The van der Waals surface area contributed by atoms with Crippen LogP contribution >= 0.6 is 0 Å². The number of piperidine rings is 1. The molecule has 7 heteroatoms. The van der Waals surface area contributed by atoms with E-state index < -0.39 is 21.8 Å². The molecule has 1 atom stereocenters. The molecule has 0 aromatic heterocycles. The number of carbonyl (C=O) groups is 1. The largest absolute Gasteiger partial charge is 0.481 e. The summed E-state index contributed by atoms with van der Waals surface area (Å²) in [5.74, 6) is -1.73. The fourth-order valence-corrected chi connectivity index (χ4v) is 4.02. The molecule has 0 bridgehead atoms. The molecule has 2 rings (SSSR count). The maximum Gasteiger partial charge on any atom is 0.303 e. The number of carboxylic acids is 1. The van der Waals surface area contributed by atoms with E-state index in [2.05, 4.69) is 0 Å². The molecule has 1 aromatic rings. The highest BCUT2D eigenvalue weighted by Gasteiger charge is 2.31. The molecular formula is C13H16FNO4S. The van der Waals surface area contributed by atoms with Crippen molar-refractivity contribution in [3.05, 3.63) is 30.1 Å². The van der Waals surface area contributed by atoms with Crippen molar-refractivity contribution in [3.63, 3.8) is 0 Å². The fourth-order valence-electron chi connectivity index (χ4n) is 2.44. The van der Waals surface area contributed by atoms with E-state index in [0.29, 0.717) is 19.4 Å². The first-order valence-corrected chi connectivity index (χ1v) is 7.81. The molecule has 110 valence electrons. The second kappa shape index (κ2) is 5.88. The van der Waals surface area contributed by atoms with Gasteiger partial charge in [-0.15, -0.1) is 0 Å². The third-order valence-corrected chi connectivity index (χ3v) is 5.24. The van der Waals surface area contributed by atoms with Crippen molar-refractivity contribution in [2.24, 2.45) is 5.92 Å². The lowest BCUT2D eigenvalue weighted by Gasteiger charge is -2.31. The molecule has 0 amide bonds. The number of hydrogen-bond acceptors (Lipinski definition) is 3. The molecule has 1 aromatic carbocycles. The van der Waals surface area contributed by atoms with E-state index in [9.17, 15) is 17.6 Å². The first-order valence-electron chi connectivity index (χ1n) is 6.37. The van der Waals surface area contributed by atoms with Gasteiger partial charge in [-0.25, -0.2) is 12.8 Å². The number of hydrogen-bond donors (Lipinski definition) is 1. The molecule has 1 N–H and O–H groups in total. The van der Waals surface area contributed by atoms with Crippen LogP contribution in [-0.4, -0.2) is 36.9 Å². The third-order valence-electron chi connectivity index (χ3n) is 3.38. The van der Waals surface area contributed by atoms with Gasteiger partial charge in [-0.05, 0) is 37.0 Å². The lowest BCUT2D eigenvalue weighted by atomic mass is 9.96. The molecule has 1 heterocycles. The Bertz CT molecular complexity index is 602. The summed E-state index contributed by atoms with van der Waals surface area (Å²) in [5.41, 5.74) is 0. The average Bonchev–Trinajstić information content (AvgIpc) is 2.38. The number of rotatable bonds is 4. The molecule has 1 aliphatic heterocycles. The predicted octanol–water partition coefficient (Wildman–Crippen LogP) is 1.70. The Morgan fingerprint density at radius 1 is 1.45 bits per heavy atom. The summed E-state index contributed by atoms with van der Waals surface area (Å²) in [7, 11) is -3.75. The van der Waals surface area contributed by atoms with Crippen LogP contribution in [0.5, 0.6) is 0 Å². The van der Waals surface area contributed by atoms with Crippen molar-refractivity contribution in [3.8, 4) is 0 Å². The monoisotopic (exact) mass is 301 g/mol. The Hall–Kier alpha value is -1.47. The van der Waals surface area contributed by atoms with Gasteiger partial charge in [-0.2, -0.15) is 4.31 Å². The number of nitrogens with zero attached hydrogens (tertiary/aromatic N) is 1. The van der Waals surface area contributed by atoms with Gasteiger partial charge in [0.2, 0.25) is 10.0 Å². The second-order valence-electron chi connectivity index (χ2n) is 4.93. The molecule has 5 nitrogen and oxygen atoms in total. The van der Waals surface area contributed by atoms with Gasteiger partial charge in [0.25, 0.3) is 0 Å². The molecule has 1 fully saturated rings. The van der Waals surface area contributed by atoms with Gasteiger partial charge in [0, 0.05) is 19.5 Å². The molecule has 0 saturated carbocycles. The molecule has 0 aliphatic carbocycles. The summed E-state index contributed by atoms with van der Waals surface area (Å²) < 4.78 is 39.2.